The average molecular weight is 426 g/mol. The molecular formula is C25H18N2O5. The van der Waals surface area contributed by atoms with Gasteiger partial charge in [-0.3, -0.25) is 14.5 Å². The van der Waals surface area contributed by atoms with Gasteiger partial charge in [0, 0.05) is 11.3 Å². The second kappa shape index (κ2) is 8.28. The summed E-state index contributed by atoms with van der Waals surface area (Å²) in [6.07, 6.45) is 0. The zero-order chi connectivity index (χ0) is 22.8. The van der Waals surface area contributed by atoms with E-state index in [0.29, 0.717) is 28.1 Å². The lowest BCUT2D eigenvalue weighted by Gasteiger charge is -2.25. The molecule has 0 spiro atoms. The molecule has 0 aromatic heterocycles. The number of phenolic OH excluding ortho intramolecular Hbond substituents is 1. The molecule has 0 saturated carbocycles. The van der Waals surface area contributed by atoms with Gasteiger partial charge in [0.2, 0.25) is 0 Å². The molecule has 158 valence electrons. The molecule has 1 atom stereocenters. The summed E-state index contributed by atoms with van der Waals surface area (Å²) in [5.41, 5.74) is 1.42. The lowest BCUT2D eigenvalue weighted by Crippen LogP contribution is -2.29. The van der Waals surface area contributed by atoms with E-state index in [1.54, 1.807) is 48.5 Å². The van der Waals surface area contributed by atoms with Crippen LogP contribution in [0.25, 0.3) is 5.76 Å². The first kappa shape index (κ1) is 20.7. The van der Waals surface area contributed by atoms with Gasteiger partial charge in [-0.2, -0.15) is 5.26 Å². The van der Waals surface area contributed by atoms with Gasteiger partial charge in [0.25, 0.3) is 11.7 Å². The lowest BCUT2D eigenvalue weighted by atomic mass is 9.95. The Morgan fingerprint density at radius 2 is 1.75 bits per heavy atom. The normalized spacial score (nSPS) is 17.2. The largest absolute Gasteiger partial charge is 0.508 e. The Labute approximate surface area is 184 Å². The molecule has 3 aromatic rings. The van der Waals surface area contributed by atoms with Crippen LogP contribution in [0.15, 0.2) is 78.4 Å². The molecule has 3 aromatic carbocycles. The van der Waals surface area contributed by atoms with Crippen LogP contribution in [0, 0.1) is 11.3 Å². The Balaban J connectivity index is 1.94. The van der Waals surface area contributed by atoms with Crippen LogP contribution in [0.5, 0.6) is 11.5 Å². The molecule has 1 aliphatic heterocycles. The molecule has 0 aliphatic carbocycles. The number of anilines is 1. The summed E-state index contributed by atoms with van der Waals surface area (Å²) in [4.78, 5) is 27.4. The Hall–Kier alpha value is -4.57. The summed E-state index contributed by atoms with van der Waals surface area (Å²) in [5, 5.41) is 30.2. The molecular weight excluding hydrogens is 408 g/mol. The zero-order valence-corrected chi connectivity index (χ0v) is 17.0. The van der Waals surface area contributed by atoms with Crippen molar-refractivity contribution in [3.63, 3.8) is 0 Å². The van der Waals surface area contributed by atoms with E-state index in [1.807, 2.05) is 6.07 Å². The molecule has 1 aliphatic rings. The SMILES string of the molecule is COc1cccc(/C(O)=C2/C(=O)C(=O)N(c3ccc(C#N)cc3)C2c2cccc(O)c2)c1. The highest BCUT2D eigenvalue weighted by molar-refractivity contribution is 6.51. The third kappa shape index (κ3) is 3.55. The topological polar surface area (TPSA) is 111 Å². The highest BCUT2D eigenvalue weighted by atomic mass is 16.5. The van der Waals surface area contributed by atoms with Gasteiger partial charge in [0.15, 0.2) is 0 Å². The number of hydrogen-bond donors (Lipinski definition) is 2. The van der Waals surface area contributed by atoms with Gasteiger partial charge in [-0.25, -0.2) is 0 Å². The fourth-order valence-electron chi connectivity index (χ4n) is 3.73. The van der Waals surface area contributed by atoms with Crippen molar-refractivity contribution in [3.8, 4) is 17.6 Å². The molecule has 1 amide bonds. The highest BCUT2D eigenvalue weighted by Gasteiger charge is 2.47. The van der Waals surface area contributed by atoms with Crippen molar-refractivity contribution in [1.82, 2.24) is 0 Å². The van der Waals surface area contributed by atoms with Crippen LogP contribution < -0.4 is 9.64 Å². The van der Waals surface area contributed by atoms with Crippen LogP contribution in [-0.4, -0.2) is 29.0 Å². The number of nitrogens with zero attached hydrogens (tertiary/aromatic N) is 2. The van der Waals surface area contributed by atoms with Crippen molar-refractivity contribution >= 4 is 23.1 Å². The maximum atomic E-state index is 13.1. The predicted molar refractivity (Wildman–Crippen MR) is 117 cm³/mol. The number of aliphatic hydroxyl groups is 1. The molecule has 1 heterocycles. The lowest BCUT2D eigenvalue weighted by molar-refractivity contribution is -0.132. The Kier molecular flexibility index (Phi) is 5.36. The standard InChI is InChI=1S/C25H18N2O5/c1-32-20-7-3-5-17(13-20)23(29)21-22(16-4-2-6-19(28)12-16)27(25(31)24(21)30)18-10-8-15(14-26)9-11-18/h2-13,22,28-29H,1H3/b23-21-. The first-order chi connectivity index (χ1) is 15.4. The Bertz CT molecular complexity index is 1290. The number of nitriles is 1. The second-order valence-electron chi connectivity index (χ2n) is 7.15. The predicted octanol–water partition coefficient (Wildman–Crippen LogP) is 3.90. The van der Waals surface area contributed by atoms with E-state index < -0.39 is 17.7 Å². The number of rotatable bonds is 4. The Morgan fingerprint density at radius 3 is 2.41 bits per heavy atom. The van der Waals surface area contributed by atoms with Gasteiger partial charge in [-0.1, -0.05) is 24.3 Å². The fraction of sp³-hybridized carbons (Fsp3) is 0.0800. The molecule has 2 N–H and O–H groups in total. The number of hydrogen-bond acceptors (Lipinski definition) is 6. The third-order valence-corrected chi connectivity index (χ3v) is 5.25. The number of carbonyl (C=O) groups is 2. The number of methoxy groups -OCH3 is 1. The number of benzene rings is 3. The molecule has 1 fully saturated rings. The minimum absolute atomic E-state index is 0.0469. The van der Waals surface area contributed by atoms with Gasteiger partial charge in [-0.15, -0.1) is 0 Å². The molecule has 0 bridgehead atoms. The van der Waals surface area contributed by atoms with Crippen molar-refractivity contribution < 1.29 is 24.5 Å². The van der Waals surface area contributed by atoms with Gasteiger partial charge in [0.1, 0.15) is 17.3 Å². The number of amides is 1. The van der Waals surface area contributed by atoms with Crippen molar-refractivity contribution in [2.75, 3.05) is 12.0 Å². The quantitative estimate of drug-likeness (QED) is 0.372. The van der Waals surface area contributed by atoms with Gasteiger partial charge in [-0.05, 0) is 54.1 Å². The van der Waals surface area contributed by atoms with E-state index in [2.05, 4.69) is 0 Å². The van der Waals surface area contributed by atoms with E-state index in [4.69, 9.17) is 10.00 Å². The maximum absolute atomic E-state index is 13.1. The zero-order valence-electron chi connectivity index (χ0n) is 17.0. The number of aliphatic hydroxyl groups excluding tert-OH is 1. The number of ketones is 1. The maximum Gasteiger partial charge on any atom is 0.300 e. The van der Waals surface area contributed by atoms with Crippen LogP contribution in [0.1, 0.15) is 22.7 Å². The number of aromatic hydroxyl groups is 1. The van der Waals surface area contributed by atoms with Crippen LogP contribution in [0.3, 0.4) is 0 Å². The summed E-state index contributed by atoms with van der Waals surface area (Å²) in [5.74, 6) is -1.61. The number of ether oxygens (including phenoxy) is 1. The summed E-state index contributed by atoms with van der Waals surface area (Å²) in [7, 11) is 1.48. The summed E-state index contributed by atoms with van der Waals surface area (Å²) < 4.78 is 5.20. The van der Waals surface area contributed by atoms with Crippen molar-refractivity contribution in [3.05, 3.63) is 95.1 Å². The summed E-state index contributed by atoms with van der Waals surface area (Å²) >= 11 is 0. The number of phenols is 1. The second-order valence-corrected chi connectivity index (χ2v) is 7.15. The molecule has 32 heavy (non-hydrogen) atoms. The molecule has 4 rings (SSSR count). The minimum Gasteiger partial charge on any atom is -0.508 e. The summed E-state index contributed by atoms with van der Waals surface area (Å²) in [6.45, 7) is 0. The molecule has 1 unspecified atom stereocenters. The smallest absolute Gasteiger partial charge is 0.300 e. The van der Waals surface area contributed by atoms with Gasteiger partial charge >= 0.3 is 0 Å². The van der Waals surface area contributed by atoms with E-state index in [0.717, 1.165) is 0 Å². The van der Waals surface area contributed by atoms with Crippen molar-refractivity contribution in [2.24, 2.45) is 0 Å². The first-order valence-corrected chi connectivity index (χ1v) is 9.69. The first-order valence-electron chi connectivity index (χ1n) is 9.69. The van der Waals surface area contributed by atoms with Crippen LogP contribution in [-0.2, 0) is 9.59 Å². The number of carbonyl (C=O) groups excluding carboxylic acids is 2. The fourth-order valence-corrected chi connectivity index (χ4v) is 3.73. The van der Waals surface area contributed by atoms with E-state index in [9.17, 15) is 19.8 Å². The van der Waals surface area contributed by atoms with E-state index in [-0.39, 0.29) is 17.1 Å². The van der Waals surface area contributed by atoms with Crippen LogP contribution in [0.2, 0.25) is 0 Å². The third-order valence-electron chi connectivity index (χ3n) is 5.25. The van der Waals surface area contributed by atoms with Gasteiger partial charge < -0.3 is 14.9 Å². The molecule has 7 nitrogen and oxygen atoms in total. The van der Waals surface area contributed by atoms with Crippen LogP contribution >= 0.6 is 0 Å². The van der Waals surface area contributed by atoms with Crippen molar-refractivity contribution in [2.45, 2.75) is 6.04 Å². The minimum atomic E-state index is -0.985. The van der Waals surface area contributed by atoms with E-state index >= 15 is 0 Å². The molecule has 1 saturated heterocycles. The van der Waals surface area contributed by atoms with Gasteiger partial charge in [0.05, 0.1) is 30.4 Å². The Morgan fingerprint density at radius 1 is 1.03 bits per heavy atom. The molecule has 7 heteroatoms. The molecule has 0 radical (unpaired) electrons. The number of Topliss-reactive ketones (excluding diaryl/α,β-unsaturated/α-hetero) is 1. The van der Waals surface area contributed by atoms with E-state index in [1.165, 1.54) is 36.3 Å². The highest BCUT2D eigenvalue weighted by Crippen LogP contribution is 2.43. The van der Waals surface area contributed by atoms with Crippen LogP contribution in [0.4, 0.5) is 5.69 Å². The monoisotopic (exact) mass is 426 g/mol. The van der Waals surface area contributed by atoms with Crippen molar-refractivity contribution in [1.29, 1.82) is 5.26 Å². The summed E-state index contributed by atoms with van der Waals surface area (Å²) in [6, 6.07) is 19.9. The average Bonchev–Trinajstić information content (AvgIpc) is 3.09.